The molecule has 0 saturated heterocycles. The van der Waals surface area contributed by atoms with Crippen LogP contribution in [0.15, 0.2) is 18.2 Å². The molecule has 0 aliphatic heterocycles. The van der Waals surface area contributed by atoms with Gasteiger partial charge >= 0.3 is 0 Å². The van der Waals surface area contributed by atoms with Crippen molar-refractivity contribution < 1.29 is 8.78 Å². The summed E-state index contributed by atoms with van der Waals surface area (Å²) in [5.41, 5.74) is 0.716. The Bertz CT molecular complexity index is 366. The van der Waals surface area contributed by atoms with Gasteiger partial charge in [-0.1, -0.05) is 25.7 Å². The number of hydrogen-bond acceptors (Lipinski definition) is 1. The van der Waals surface area contributed by atoms with Crippen LogP contribution in [0.3, 0.4) is 0 Å². The maximum atomic E-state index is 13.2. The highest BCUT2D eigenvalue weighted by Gasteiger charge is 2.18. The van der Waals surface area contributed by atoms with E-state index in [1.807, 2.05) is 7.05 Å². The molecule has 1 fully saturated rings. The van der Waals surface area contributed by atoms with Crippen molar-refractivity contribution >= 4 is 0 Å². The van der Waals surface area contributed by atoms with E-state index >= 15 is 0 Å². The molecule has 1 unspecified atom stereocenters. The Morgan fingerprint density at radius 1 is 1.17 bits per heavy atom. The molecule has 3 heteroatoms. The van der Waals surface area contributed by atoms with Crippen LogP contribution < -0.4 is 5.32 Å². The van der Waals surface area contributed by atoms with Crippen molar-refractivity contribution in [3.05, 3.63) is 35.4 Å². The first-order valence-corrected chi connectivity index (χ1v) is 6.82. The van der Waals surface area contributed by atoms with Crippen LogP contribution in [0.25, 0.3) is 0 Å². The van der Waals surface area contributed by atoms with E-state index in [-0.39, 0.29) is 6.04 Å². The molecule has 1 atom stereocenters. The molecule has 0 spiro atoms. The quantitative estimate of drug-likeness (QED) is 0.829. The van der Waals surface area contributed by atoms with Gasteiger partial charge in [-0.15, -0.1) is 0 Å². The summed E-state index contributed by atoms with van der Waals surface area (Å²) in [5, 5.41) is 3.16. The monoisotopic (exact) mass is 253 g/mol. The first-order chi connectivity index (χ1) is 8.69. The summed E-state index contributed by atoms with van der Waals surface area (Å²) in [7, 11) is 1.85. The van der Waals surface area contributed by atoms with Crippen molar-refractivity contribution in [2.75, 3.05) is 7.05 Å². The average Bonchev–Trinajstić information content (AvgIpc) is 2.81. The second-order valence-electron chi connectivity index (χ2n) is 5.27. The first-order valence-electron chi connectivity index (χ1n) is 6.82. The molecule has 1 aliphatic rings. The van der Waals surface area contributed by atoms with Crippen molar-refractivity contribution in [1.82, 2.24) is 5.32 Å². The zero-order chi connectivity index (χ0) is 13.0. The van der Waals surface area contributed by atoms with Gasteiger partial charge in [-0.25, -0.2) is 8.78 Å². The molecule has 18 heavy (non-hydrogen) atoms. The molecule has 1 nitrogen and oxygen atoms in total. The summed E-state index contributed by atoms with van der Waals surface area (Å²) < 4.78 is 26.4. The van der Waals surface area contributed by atoms with Gasteiger partial charge < -0.3 is 5.32 Å². The highest BCUT2D eigenvalue weighted by Crippen LogP contribution is 2.31. The molecule has 1 aromatic rings. The predicted octanol–water partition coefficient (Wildman–Crippen LogP) is 4.20. The topological polar surface area (TPSA) is 12.0 Å². The van der Waals surface area contributed by atoms with E-state index in [9.17, 15) is 8.78 Å². The third-order valence-corrected chi connectivity index (χ3v) is 3.97. The third kappa shape index (κ3) is 3.52. The minimum absolute atomic E-state index is 0.0517. The molecule has 0 radical (unpaired) electrons. The Kier molecular flexibility index (Phi) is 4.70. The second-order valence-corrected chi connectivity index (χ2v) is 5.27. The standard InChI is InChI=1S/C15H21F2N/c1-18-15(7-6-11-4-2-3-5-11)12-8-13(16)10-14(17)9-12/h8-11,15,18H,2-7H2,1H3. The van der Waals surface area contributed by atoms with Crippen LogP contribution >= 0.6 is 0 Å². The third-order valence-electron chi connectivity index (χ3n) is 3.97. The Morgan fingerprint density at radius 3 is 2.33 bits per heavy atom. The number of benzene rings is 1. The van der Waals surface area contributed by atoms with Crippen LogP contribution in [0, 0.1) is 17.6 Å². The number of hydrogen-bond donors (Lipinski definition) is 1. The van der Waals surface area contributed by atoms with E-state index in [0.29, 0.717) is 5.56 Å². The van der Waals surface area contributed by atoms with E-state index in [1.165, 1.54) is 37.8 Å². The van der Waals surface area contributed by atoms with E-state index in [0.717, 1.165) is 24.8 Å². The van der Waals surface area contributed by atoms with Crippen LogP contribution in [0.4, 0.5) is 8.78 Å². The van der Waals surface area contributed by atoms with Crippen LogP contribution in [0.2, 0.25) is 0 Å². The minimum atomic E-state index is -0.494. The minimum Gasteiger partial charge on any atom is -0.313 e. The van der Waals surface area contributed by atoms with Crippen LogP contribution in [0.1, 0.15) is 50.1 Å². The zero-order valence-electron chi connectivity index (χ0n) is 10.9. The summed E-state index contributed by atoms with van der Waals surface area (Å²) in [6.07, 6.45) is 7.39. The summed E-state index contributed by atoms with van der Waals surface area (Å²) in [5.74, 6) is -0.184. The lowest BCUT2D eigenvalue weighted by Crippen LogP contribution is -2.17. The fourth-order valence-corrected chi connectivity index (χ4v) is 2.96. The molecule has 1 N–H and O–H groups in total. The Labute approximate surface area is 108 Å². The van der Waals surface area contributed by atoms with Gasteiger partial charge in [-0.3, -0.25) is 0 Å². The fourth-order valence-electron chi connectivity index (χ4n) is 2.96. The SMILES string of the molecule is CNC(CCC1CCCC1)c1cc(F)cc(F)c1. The summed E-state index contributed by atoms with van der Waals surface area (Å²) in [6, 6.07) is 3.83. The van der Waals surface area contributed by atoms with Crippen molar-refractivity contribution in [2.45, 2.75) is 44.6 Å². The first kappa shape index (κ1) is 13.5. The van der Waals surface area contributed by atoms with Gasteiger partial charge in [-0.05, 0) is 43.5 Å². The molecule has 0 bridgehead atoms. The highest BCUT2D eigenvalue weighted by molar-refractivity contribution is 5.21. The second kappa shape index (κ2) is 6.28. The molecule has 1 saturated carbocycles. The Balaban J connectivity index is 1.98. The van der Waals surface area contributed by atoms with Gasteiger partial charge in [0.1, 0.15) is 11.6 Å². The molecule has 0 amide bonds. The van der Waals surface area contributed by atoms with Crippen molar-refractivity contribution in [1.29, 1.82) is 0 Å². The molecule has 0 heterocycles. The van der Waals surface area contributed by atoms with Crippen LogP contribution in [0.5, 0.6) is 0 Å². The van der Waals surface area contributed by atoms with E-state index < -0.39 is 11.6 Å². The molecular formula is C15H21F2N. The molecule has 1 aromatic carbocycles. The lowest BCUT2D eigenvalue weighted by atomic mass is 9.95. The normalized spacial score (nSPS) is 18.2. The van der Waals surface area contributed by atoms with Gasteiger partial charge in [0, 0.05) is 12.1 Å². The predicted molar refractivity (Wildman–Crippen MR) is 69.4 cm³/mol. The summed E-state index contributed by atoms with van der Waals surface area (Å²) in [4.78, 5) is 0. The van der Waals surface area contributed by atoms with E-state index in [1.54, 1.807) is 0 Å². The van der Waals surface area contributed by atoms with Gasteiger partial charge in [-0.2, -0.15) is 0 Å². The molecule has 2 rings (SSSR count). The van der Waals surface area contributed by atoms with Crippen LogP contribution in [-0.2, 0) is 0 Å². The van der Waals surface area contributed by atoms with Crippen molar-refractivity contribution in [2.24, 2.45) is 5.92 Å². The highest BCUT2D eigenvalue weighted by atomic mass is 19.1. The van der Waals surface area contributed by atoms with Crippen LogP contribution in [-0.4, -0.2) is 7.05 Å². The van der Waals surface area contributed by atoms with Crippen molar-refractivity contribution in [3.63, 3.8) is 0 Å². The number of rotatable bonds is 5. The van der Waals surface area contributed by atoms with E-state index in [4.69, 9.17) is 0 Å². The maximum Gasteiger partial charge on any atom is 0.126 e. The van der Waals surface area contributed by atoms with Gasteiger partial charge in [0.2, 0.25) is 0 Å². The Hall–Kier alpha value is -0.960. The number of halogens is 2. The smallest absolute Gasteiger partial charge is 0.126 e. The van der Waals surface area contributed by atoms with Gasteiger partial charge in [0.05, 0.1) is 0 Å². The lowest BCUT2D eigenvalue weighted by molar-refractivity contribution is 0.425. The summed E-state index contributed by atoms with van der Waals surface area (Å²) >= 11 is 0. The van der Waals surface area contributed by atoms with Crippen molar-refractivity contribution in [3.8, 4) is 0 Å². The zero-order valence-corrected chi connectivity index (χ0v) is 10.9. The average molecular weight is 253 g/mol. The van der Waals surface area contributed by atoms with Gasteiger partial charge in [0.25, 0.3) is 0 Å². The van der Waals surface area contributed by atoms with E-state index in [2.05, 4.69) is 5.32 Å². The Morgan fingerprint density at radius 2 is 1.78 bits per heavy atom. The van der Waals surface area contributed by atoms with Gasteiger partial charge in [0.15, 0.2) is 0 Å². The molecule has 1 aliphatic carbocycles. The number of nitrogens with one attached hydrogen (secondary N) is 1. The summed E-state index contributed by atoms with van der Waals surface area (Å²) in [6.45, 7) is 0. The maximum absolute atomic E-state index is 13.2. The largest absolute Gasteiger partial charge is 0.313 e. The molecule has 100 valence electrons. The molecular weight excluding hydrogens is 232 g/mol. The lowest BCUT2D eigenvalue weighted by Gasteiger charge is -2.19. The fraction of sp³-hybridized carbons (Fsp3) is 0.600. The molecule has 0 aromatic heterocycles.